The van der Waals surface area contributed by atoms with Crippen LogP contribution in [0.25, 0.3) is 0 Å². The molecule has 0 saturated carbocycles. The van der Waals surface area contributed by atoms with Gasteiger partial charge in [0.05, 0.1) is 31.1 Å². The molecule has 0 spiro atoms. The lowest BCUT2D eigenvalue weighted by atomic mass is 10.3. The summed E-state index contributed by atoms with van der Waals surface area (Å²) in [6.45, 7) is 6.50. The minimum absolute atomic E-state index is 0.0245. The molecular formula is C13H19N5O3S2. The summed E-state index contributed by atoms with van der Waals surface area (Å²) in [5, 5.41) is 10.2. The number of aromatic nitrogens is 3. The van der Waals surface area contributed by atoms with Crippen LogP contribution in [0.15, 0.2) is 16.5 Å². The number of aryl methyl sites for hydroxylation is 2. The molecule has 0 aliphatic carbocycles. The Balaban J connectivity index is 1.71. The Morgan fingerprint density at radius 2 is 2.26 bits per heavy atom. The van der Waals surface area contributed by atoms with Gasteiger partial charge in [-0.05, 0) is 19.9 Å². The molecule has 2 aromatic heterocycles. The second-order valence-corrected chi connectivity index (χ2v) is 8.35. The van der Waals surface area contributed by atoms with E-state index in [4.69, 9.17) is 9.88 Å². The summed E-state index contributed by atoms with van der Waals surface area (Å²) in [5.41, 5.74) is 2.07. The van der Waals surface area contributed by atoms with Gasteiger partial charge in [-0.25, -0.2) is 18.5 Å². The number of sulfonamides is 1. The third-order valence-corrected chi connectivity index (χ3v) is 6.11. The van der Waals surface area contributed by atoms with Gasteiger partial charge in [-0.1, -0.05) is 11.3 Å². The van der Waals surface area contributed by atoms with Crippen molar-refractivity contribution >= 4 is 26.5 Å². The van der Waals surface area contributed by atoms with Crippen LogP contribution in [-0.4, -0.2) is 49.0 Å². The van der Waals surface area contributed by atoms with E-state index in [1.54, 1.807) is 0 Å². The number of anilines is 1. The fourth-order valence-electron chi connectivity index (χ4n) is 2.58. The van der Waals surface area contributed by atoms with Gasteiger partial charge in [0.15, 0.2) is 9.34 Å². The van der Waals surface area contributed by atoms with E-state index in [0.29, 0.717) is 31.4 Å². The Kier molecular flexibility index (Phi) is 4.41. The first-order chi connectivity index (χ1) is 10.8. The monoisotopic (exact) mass is 357 g/mol. The number of primary sulfonamides is 1. The number of thiazole rings is 1. The van der Waals surface area contributed by atoms with Crippen LogP contribution in [0.2, 0.25) is 0 Å². The molecule has 1 fully saturated rings. The third-order valence-electron chi connectivity index (χ3n) is 3.64. The van der Waals surface area contributed by atoms with E-state index in [9.17, 15) is 8.42 Å². The normalized spacial score (nSPS) is 19.3. The summed E-state index contributed by atoms with van der Waals surface area (Å²) in [6, 6.07) is 2.03. The minimum Gasteiger partial charge on any atom is -0.373 e. The van der Waals surface area contributed by atoms with E-state index in [1.807, 2.05) is 29.5 Å². The summed E-state index contributed by atoms with van der Waals surface area (Å²) in [5.74, 6) is 0. The molecule has 3 heterocycles. The van der Waals surface area contributed by atoms with Gasteiger partial charge in [0, 0.05) is 18.8 Å². The molecular weight excluding hydrogens is 338 g/mol. The van der Waals surface area contributed by atoms with Crippen LogP contribution in [0.3, 0.4) is 0 Å². The SMILES string of the molecule is Cc1cc(C)n(CC2CN(c3ncc(S(N)(=O)=O)s3)CCO2)n1. The van der Waals surface area contributed by atoms with Crippen molar-refractivity contribution in [2.45, 2.75) is 30.7 Å². The highest BCUT2D eigenvalue weighted by atomic mass is 32.2. The summed E-state index contributed by atoms with van der Waals surface area (Å²) in [4.78, 5) is 6.20. The Hall–Kier alpha value is -1.49. The fourth-order valence-corrected chi connectivity index (χ4v) is 4.16. The van der Waals surface area contributed by atoms with Crippen molar-refractivity contribution < 1.29 is 13.2 Å². The second-order valence-electron chi connectivity index (χ2n) is 5.55. The lowest BCUT2D eigenvalue weighted by Crippen LogP contribution is -2.44. The maximum absolute atomic E-state index is 11.4. The van der Waals surface area contributed by atoms with Crippen molar-refractivity contribution in [2.24, 2.45) is 5.14 Å². The molecule has 2 aromatic rings. The molecule has 0 aromatic carbocycles. The summed E-state index contributed by atoms with van der Waals surface area (Å²) < 4.78 is 30.5. The van der Waals surface area contributed by atoms with Crippen LogP contribution in [-0.2, 0) is 21.3 Å². The lowest BCUT2D eigenvalue weighted by molar-refractivity contribution is 0.0270. The first-order valence-corrected chi connectivity index (χ1v) is 9.55. The highest BCUT2D eigenvalue weighted by Crippen LogP contribution is 2.26. The smallest absolute Gasteiger partial charge is 0.249 e. The van der Waals surface area contributed by atoms with Gasteiger partial charge in [0.2, 0.25) is 10.0 Å². The van der Waals surface area contributed by atoms with Gasteiger partial charge in [-0.2, -0.15) is 5.10 Å². The molecule has 0 bridgehead atoms. The third kappa shape index (κ3) is 3.71. The standard InChI is InChI=1S/C13H19N5O3S2/c1-9-5-10(2)18(16-9)8-11-7-17(3-4-21-11)13-15-6-12(22-13)23(14,19)20/h5-6,11H,3-4,7-8H2,1-2H3,(H2,14,19,20). The lowest BCUT2D eigenvalue weighted by Gasteiger charge is -2.32. The van der Waals surface area contributed by atoms with E-state index in [2.05, 4.69) is 10.1 Å². The predicted octanol–water partition coefficient (Wildman–Crippen LogP) is 0.509. The predicted molar refractivity (Wildman–Crippen MR) is 87.1 cm³/mol. The van der Waals surface area contributed by atoms with E-state index < -0.39 is 10.0 Å². The molecule has 3 rings (SSSR count). The number of ether oxygens (including phenoxy) is 1. The van der Waals surface area contributed by atoms with Gasteiger partial charge in [0.1, 0.15) is 0 Å². The zero-order valence-corrected chi connectivity index (χ0v) is 14.6. The van der Waals surface area contributed by atoms with E-state index in [-0.39, 0.29) is 10.3 Å². The number of nitrogens with zero attached hydrogens (tertiary/aromatic N) is 4. The van der Waals surface area contributed by atoms with Crippen LogP contribution >= 0.6 is 11.3 Å². The van der Waals surface area contributed by atoms with Crippen LogP contribution in [0.4, 0.5) is 5.13 Å². The van der Waals surface area contributed by atoms with Gasteiger partial charge in [0.25, 0.3) is 0 Å². The molecule has 10 heteroatoms. The number of morpholine rings is 1. The topological polar surface area (TPSA) is 103 Å². The van der Waals surface area contributed by atoms with Crippen LogP contribution < -0.4 is 10.0 Å². The Bertz CT molecular complexity index is 798. The van der Waals surface area contributed by atoms with Gasteiger partial charge in [-0.3, -0.25) is 4.68 Å². The van der Waals surface area contributed by atoms with Gasteiger partial charge >= 0.3 is 0 Å². The highest BCUT2D eigenvalue weighted by Gasteiger charge is 2.25. The summed E-state index contributed by atoms with van der Waals surface area (Å²) >= 11 is 1.09. The zero-order chi connectivity index (χ0) is 16.6. The second kappa shape index (κ2) is 6.19. The molecule has 23 heavy (non-hydrogen) atoms. The molecule has 0 amide bonds. The average Bonchev–Trinajstić information content (AvgIpc) is 3.06. The largest absolute Gasteiger partial charge is 0.373 e. The Labute approximate surface area is 138 Å². The van der Waals surface area contributed by atoms with E-state index in [0.717, 1.165) is 22.7 Å². The van der Waals surface area contributed by atoms with Crippen molar-refractivity contribution in [1.29, 1.82) is 0 Å². The van der Waals surface area contributed by atoms with Crippen LogP contribution in [0.1, 0.15) is 11.4 Å². The van der Waals surface area contributed by atoms with Crippen molar-refractivity contribution in [1.82, 2.24) is 14.8 Å². The summed E-state index contributed by atoms with van der Waals surface area (Å²) in [6.07, 6.45) is 1.28. The number of rotatable bonds is 4. The van der Waals surface area contributed by atoms with Crippen molar-refractivity contribution in [3.05, 3.63) is 23.7 Å². The Morgan fingerprint density at radius 1 is 1.48 bits per heavy atom. The van der Waals surface area contributed by atoms with Gasteiger partial charge < -0.3 is 9.64 Å². The molecule has 126 valence electrons. The number of hydrogen-bond acceptors (Lipinski definition) is 7. The average molecular weight is 357 g/mol. The molecule has 1 atom stereocenters. The van der Waals surface area contributed by atoms with E-state index in [1.165, 1.54) is 6.20 Å². The van der Waals surface area contributed by atoms with Crippen molar-refractivity contribution in [2.75, 3.05) is 24.6 Å². The molecule has 1 unspecified atom stereocenters. The van der Waals surface area contributed by atoms with Crippen molar-refractivity contribution in [3.63, 3.8) is 0 Å². The quantitative estimate of drug-likeness (QED) is 0.855. The highest BCUT2D eigenvalue weighted by molar-refractivity contribution is 7.91. The summed E-state index contributed by atoms with van der Waals surface area (Å²) in [7, 11) is -3.70. The maximum atomic E-state index is 11.4. The van der Waals surface area contributed by atoms with Crippen LogP contribution in [0, 0.1) is 13.8 Å². The minimum atomic E-state index is -3.70. The zero-order valence-electron chi connectivity index (χ0n) is 13.0. The molecule has 8 nitrogen and oxygen atoms in total. The first-order valence-electron chi connectivity index (χ1n) is 7.19. The molecule has 1 aliphatic rings. The molecule has 2 N–H and O–H groups in total. The molecule has 0 radical (unpaired) electrons. The van der Waals surface area contributed by atoms with Crippen molar-refractivity contribution in [3.8, 4) is 0 Å². The molecule has 1 saturated heterocycles. The fraction of sp³-hybridized carbons (Fsp3) is 0.538. The maximum Gasteiger partial charge on any atom is 0.249 e. The van der Waals surface area contributed by atoms with Gasteiger partial charge in [-0.15, -0.1) is 0 Å². The van der Waals surface area contributed by atoms with Crippen LogP contribution in [0.5, 0.6) is 0 Å². The number of hydrogen-bond donors (Lipinski definition) is 1. The Morgan fingerprint density at radius 3 is 2.87 bits per heavy atom. The number of nitrogens with two attached hydrogens (primary N) is 1. The van der Waals surface area contributed by atoms with E-state index >= 15 is 0 Å². The molecule has 1 aliphatic heterocycles. The first kappa shape index (κ1) is 16.4.